The van der Waals surface area contributed by atoms with Gasteiger partial charge in [-0.15, -0.1) is 0 Å². The molecule has 2 nitrogen and oxygen atoms in total. The van der Waals surface area contributed by atoms with E-state index in [1.54, 1.807) is 0 Å². The zero-order valence-corrected chi connectivity index (χ0v) is 14.7. The number of unbranched alkanes of at least 4 members (excludes halogenated alkanes) is 7. The van der Waals surface area contributed by atoms with Crippen LogP contribution in [0, 0.1) is 5.92 Å². The first-order valence-electron chi connectivity index (χ1n) is 9.25. The molecule has 0 aromatic rings. The maximum absolute atomic E-state index is 10.9. The SMILES string of the molecule is CCCCC/C=C/C/C=C/CCCCCCC(CC)C(=O)O. The van der Waals surface area contributed by atoms with Crippen molar-refractivity contribution in [3.63, 3.8) is 0 Å². The van der Waals surface area contributed by atoms with E-state index in [1.165, 1.54) is 38.5 Å². The summed E-state index contributed by atoms with van der Waals surface area (Å²) in [5.74, 6) is -0.766. The minimum absolute atomic E-state index is 0.135. The zero-order valence-electron chi connectivity index (χ0n) is 14.7. The van der Waals surface area contributed by atoms with Crippen LogP contribution in [-0.4, -0.2) is 11.1 Å². The molecule has 1 atom stereocenters. The molecule has 0 rings (SSSR count). The van der Waals surface area contributed by atoms with Crippen LogP contribution in [0.15, 0.2) is 24.3 Å². The molecule has 0 saturated carbocycles. The molecular weight excluding hydrogens is 272 g/mol. The Morgan fingerprint density at radius 1 is 0.864 bits per heavy atom. The molecule has 128 valence electrons. The molecule has 0 saturated heterocycles. The van der Waals surface area contributed by atoms with Gasteiger partial charge in [-0.3, -0.25) is 4.79 Å². The predicted molar refractivity (Wildman–Crippen MR) is 96.2 cm³/mol. The number of hydrogen-bond donors (Lipinski definition) is 1. The maximum atomic E-state index is 10.9. The van der Waals surface area contributed by atoms with Crippen molar-refractivity contribution in [1.29, 1.82) is 0 Å². The van der Waals surface area contributed by atoms with Crippen LogP contribution in [-0.2, 0) is 4.79 Å². The monoisotopic (exact) mass is 308 g/mol. The molecule has 22 heavy (non-hydrogen) atoms. The Bertz CT molecular complexity index is 305. The van der Waals surface area contributed by atoms with E-state index in [2.05, 4.69) is 31.2 Å². The largest absolute Gasteiger partial charge is 0.481 e. The topological polar surface area (TPSA) is 37.3 Å². The first-order chi connectivity index (χ1) is 10.7. The van der Waals surface area contributed by atoms with Crippen LogP contribution < -0.4 is 0 Å². The van der Waals surface area contributed by atoms with Crippen molar-refractivity contribution in [2.24, 2.45) is 5.92 Å². The summed E-state index contributed by atoms with van der Waals surface area (Å²) < 4.78 is 0. The molecule has 0 amide bonds. The molecular formula is C20H36O2. The molecule has 0 spiro atoms. The third-order valence-corrected chi connectivity index (χ3v) is 4.10. The van der Waals surface area contributed by atoms with Gasteiger partial charge in [-0.25, -0.2) is 0 Å². The number of hydrogen-bond acceptors (Lipinski definition) is 1. The molecule has 1 N–H and O–H groups in total. The summed E-state index contributed by atoms with van der Waals surface area (Å²) in [5.41, 5.74) is 0. The van der Waals surface area contributed by atoms with Crippen LogP contribution in [0.4, 0.5) is 0 Å². The van der Waals surface area contributed by atoms with Crippen molar-refractivity contribution in [1.82, 2.24) is 0 Å². The Hall–Kier alpha value is -1.05. The number of allylic oxidation sites excluding steroid dienone is 4. The molecule has 2 heteroatoms. The molecule has 0 aliphatic rings. The van der Waals surface area contributed by atoms with Crippen LogP contribution in [0.25, 0.3) is 0 Å². The average Bonchev–Trinajstić information content (AvgIpc) is 2.51. The molecule has 0 fully saturated rings. The summed E-state index contributed by atoms with van der Waals surface area (Å²) in [6.45, 7) is 4.20. The fourth-order valence-corrected chi connectivity index (χ4v) is 2.53. The first kappa shape index (κ1) is 20.9. The second-order valence-corrected chi connectivity index (χ2v) is 6.11. The van der Waals surface area contributed by atoms with E-state index in [-0.39, 0.29) is 5.92 Å². The molecule has 0 heterocycles. The minimum atomic E-state index is -0.631. The van der Waals surface area contributed by atoms with Crippen LogP contribution in [0.3, 0.4) is 0 Å². The van der Waals surface area contributed by atoms with Crippen LogP contribution in [0.5, 0.6) is 0 Å². The minimum Gasteiger partial charge on any atom is -0.481 e. The summed E-state index contributed by atoms with van der Waals surface area (Å²) in [7, 11) is 0. The highest BCUT2D eigenvalue weighted by molar-refractivity contribution is 5.69. The second kappa shape index (κ2) is 16.3. The number of rotatable bonds is 15. The van der Waals surface area contributed by atoms with Gasteiger partial charge in [-0.1, -0.05) is 70.3 Å². The average molecular weight is 309 g/mol. The Labute approximate surface area is 137 Å². The summed E-state index contributed by atoms with van der Waals surface area (Å²) >= 11 is 0. The van der Waals surface area contributed by atoms with E-state index < -0.39 is 5.97 Å². The van der Waals surface area contributed by atoms with E-state index in [4.69, 9.17) is 5.11 Å². The summed E-state index contributed by atoms with van der Waals surface area (Å²) in [4.78, 5) is 10.9. The molecule has 0 radical (unpaired) electrons. The fraction of sp³-hybridized carbons (Fsp3) is 0.750. The van der Waals surface area contributed by atoms with Gasteiger partial charge in [0.25, 0.3) is 0 Å². The third-order valence-electron chi connectivity index (χ3n) is 4.10. The lowest BCUT2D eigenvalue weighted by atomic mass is 9.98. The smallest absolute Gasteiger partial charge is 0.306 e. The van der Waals surface area contributed by atoms with Gasteiger partial charge in [0.05, 0.1) is 5.92 Å². The van der Waals surface area contributed by atoms with E-state index in [9.17, 15) is 4.79 Å². The van der Waals surface area contributed by atoms with E-state index in [0.717, 1.165) is 38.5 Å². The summed E-state index contributed by atoms with van der Waals surface area (Å²) in [6, 6.07) is 0. The van der Waals surface area contributed by atoms with Crippen molar-refractivity contribution >= 4 is 5.97 Å². The highest BCUT2D eigenvalue weighted by atomic mass is 16.4. The molecule has 0 aromatic heterocycles. The zero-order chi connectivity index (χ0) is 16.5. The second-order valence-electron chi connectivity index (χ2n) is 6.11. The fourth-order valence-electron chi connectivity index (χ4n) is 2.53. The highest BCUT2D eigenvalue weighted by Crippen LogP contribution is 2.15. The number of aliphatic carboxylic acids is 1. The lowest BCUT2D eigenvalue weighted by Gasteiger charge is -2.08. The quantitative estimate of drug-likeness (QED) is 0.276. The molecule has 0 aliphatic carbocycles. The standard InChI is InChI=1S/C20H36O2/c1-3-5-6-7-8-9-10-11-12-13-14-15-16-17-18-19(4-2)20(21)22/h8-9,11-12,19H,3-7,10,13-18H2,1-2H3,(H,21,22)/b9-8+,12-11+. The van der Waals surface area contributed by atoms with Crippen LogP contribution in [0.2, 0.25) is 0 Å². The van der Waals surface area contributed by atoms with Crippen molar-refractivity contribution < 1.29 is 9.90 Å². The lowest BCUT2D eigenvalue weighted by molar-refractivity contribution is -0.142. The van der Waals surface area contributed by atoms with Gasteiger partial charge < -0.3 is 5.11 Å². The van der Waals surface area contributed by atoms with Crippen LogP contribution in [0.1, 0.15) is 90.9 Å². The molecule has 0 aliphatic heterocycles. The molecule has 0 aromatic carbocycles. The van der Waals surface area contributed by atoms with E-state index >= 15 is 0 Å². The summed E-state index contributed by atoms with van der Waals surface area (Å²) in [5, 5.41) is 8.96. The van der Waals surface area contributed by atoms with Gasteiger partial charge in [-0.2, -0.15) is 0 Å². The Kier molecular flexibility index (Phi) is 15.5. The van der Waals surface area contributed by atoms with Gasteiger partial charge in [0.1, 0.15) is 0 Å². The van der Waals surface area contributed by atoms with Gasteiger partial charge >= 0.3 is 5.97 Å². The van der Waals surface area contributed by atoms with Gasteiger partial charge in [0, 0.05) is 0 Å². The van der Waals surface area contributed by atoms with Gasteiger partial charge in [0.2, 0.25) is 0 Å². The van der Waals surface area contributed by atoms with Crippen molar-refractivity contribution in [2.45, 2.75) is 90.9 Å². The predicted octanol–water partition coefficient (Wildman–Crippen LogP) is 6.52. The number of carboxylic acid groups (broad SMARTS) is 1. The maximum Gasteiger partial charge on any atom is 0.306 e. The Morgan fingerprint density at radius 3 is 2.00 bits per heavy atom. The van der Waals surface area contributed by atoms with Gasteiger partial charge in [0.15, 0.2) is 0 Å². The van der Waals surface area contributed by atoms with Crippen LogP contribution >= 0.6 is 0 Å². The molecule has 0 bridgehead atoms. The van der Waals surface area contributed by atoms with Crippen molar-refractivity contribution in [2.75, 3.05) is 0 Å². The first-order valence-corrected chi connectivity index (χ1v) is 9.25. The third kappa shape index (κ3) is 13.9. The molecule has 1 unspecified atom stereocenters. The van der Waals surface area contributed by atoms with Gasteiger partial charge in [-0.05, 0) is 44.9 Å². The summed E-state index contributed by atoms with van der Waals surface area (Å²) in [6.07, 6.45) is 22.7. The number of carbonyl (C=O) groups is 1. The van der Waals surface area contributed by atoms with Crippen molar-refractivity contribution in [3.05, 3.63) is 24.3 Å². The normalized spacial score (nSPS) is 13.2. The van der Waals surface area contributed by atoms with E-state index in [0.29, 0.717) is 0 Å². The lowest BCUT2D eigenvalue weighted by Crippen LogP contribution is -2.12. The Morgan fingerprint density at radius 2 is 1.45 bits per heavy atom. The van der Waals surface area contributed by atoms with E-state index in [1.807, 2.05) is 6.92 Å². The van der Waals surface area contributed by atoms with Crippen molar-refractivity contribution in [3.8, 4) is 0 Å². The Balaban J connectivity index is 3.35. The number of carboxylic acids is 1. The highest BCUT2D eigenvalue weighted by Gasteiger charge is 2.13.